The Bertz CT molecular complexity index is 709. The molecule has 0 saturated carbocycles. The summed E-state index contributed by atoms with van der Waals surface area (Å²) in [6, 6.07) is 10.3. The molecule has 0 N–H and O–H groups in total. The second kappa shape index (κ2) is 9.24. The van der Waals surface area contributed by atoms with E-state index in [1.165, 1.54) is 11.5 Å². The fourth-order valence-electron chi connectivity index (χ4n) is 1.89. The van der Waals surface area contributed by atoms with Crippen molar-refractivity contribution in [3.05, 3.63) is 61.2 Å². The molecule has 0 spiro atoms. The highest BCUT2D eigenvalue weighted by Gasteiger charge is 2.13. The molecule has 0 aliphatic heterocycles. The van der Waals surface area contributed by atoms with Gasteiger partial charge in [0.15, 0.2) is 0 Å². The predicted molar refractivity (Wildman–Crippen MR) is 86.8 cm³/mol. The van der Waals surface area contributed by atoms with Crippen molar-refractivity contribution in [1.29, 1.82) is 0 Å². The van der Waals surface area contributed by atoms with Gasteiger partial charge in [-0.2, -0.15) is 4.57 Å². The highest BCUT2D eigenvalue weighted by molar-refractivity contribution is 7.80. The van der Waals surface area contributed by atoms with Crippen LogP contribution in [-0.4, -0.2) is 24.1 Å². The van der Waals surface area contributed by atoms with Gasteiger partial charge in [-0.05, 0) is 18.6 Å². The van der Waals surface area contributed by atoms with Crippen LogP contribution in [0.5, 0.6) is 0 Å². The maximum Gasteiger partial charge on any atom is 0.265 e. The highest BCUT2D eigenvalue weighted by Crippen LogP contribution is 2.02. The van der Waals surface area contributed by atoms with Crippen LogP contribution in [0.2, 0.25) is 0 Å². The molecule has 126 valence electrons. The van der Waals surface area contributed by atoms with Gasteiger partial charge in [-0.1, -0.05) is 31.2 Å². The van der Waals surface area contributed by atoms with E-state index in [1.807, 2.05) is 24.3 Å². The number of nitrogens with zero attached hydrogens (tertiary/aromatic N) is 2. The second-order valence-electron chi connectivity index (χ2n) is 4.75. The van der Waals surface area contributed by atoms with Gasteiger partial charge in [-0.15, -0.1) is 6.58 Å². The zero-order valence-corrected chi connectivity index (χ0v) is 14.2. The summed E-state index contributed by atoms with van der Waals surface area (Å²) >= 11 is 0. The fourth-order valence-corrected chi connectivity index (χ4v) is 2.26. The largest absolute Gasteiger partial charge is 0.726 e. The van der Waals surface area contributed by atoms with Crippen molar-refractivity contribution in [2.75, 3.05) is 6.61 Å². The lowest BCUT2D eigenvalue weighted by atomic mass is 10.3. The molecule has 0 radical (unpaired) electrons. The van der Waals surface area contributed by atoms with Crippen LogP contribution in [0.25, 0.3) is 5.69 Å². The van der Waals surface area contributed by atoms with Crippen molar-refractivity contribution in [2.24, 2.45) is 7.05 Å². The molecule has 0 fully saturated rings. The fraction of sp³-hybridized carbons (Fsp3) is 0.312. The van der Waals surface area contributed by atoms with Crippen LogP contribution in [0.1, 0.15) is 19.2 Å². The molecule has 6 nitrogen and oxygen atoms in total. The molecule has 1 aromatic carbocycles. The van der Waals surface area contributed by atoms with Crippen LogP contribution in [0.15, 0.2) is 55.4 Å². The molecule has 0 saturated heterocycles. The van der Waals surface area contributed by atoms with Gasteiger partial charge in [0.05, 0.1) is 20.1 Å². The summed E-state index contributed by atoms with van der Waals surface area (Å²) in [4.78, 5) is 0. The molecule has 2 rings (SSSR count). The van der Waals surface area contributed by atoms with Gasteiger partial charge in [-0.25, -0.2) is 13.0 Å². The monoisotopic (exact) mass is 338 g/mol. The summed E-state index contributed by atoms with van der Waals surface area (Å²) in [7, 11) is -2.38. The molecule has 23 heavy (non-hydrogen) atoms. The van der Waals surface area contributed by atoms with Crippen molar-refractivity contribution in [2.45, 2.75) is 19.8 Å². The van der Waals surface area contributed by atoms with Crippen molar-refractivity contribution in [3.8, 4) is 5.69 Å². The van der Waals surface area contributed by atoms with Crippen LogP contribution in [-0.2, 0) is 28.1 Å². The van der Waals surface area contributed by atoms with Gasteiger partial charge in [0.25, 0.3) is 5.82 Å². The Hall–Kier alpha value is -1.96. The smallest absolute Gasteiger partial charge is 0.265 e. The topological polar surface area (TPSA) is 75.2 Å². The Balaban J connectivity index is 0.000000284. The molecule has 0 aliphatic rings. The Morgan fingerprint density at radius 2 is 2.00 bits per heavy atom. The molecule has 1 heterocycles. The molecular weight excluding hydrogens is 316 g/mol. The molecule has 0 unspecified atom stereocenters. The summed E-state index contributed by atoms with van der Waals surface area (Å²) in [6.45, 7) is 5.48. The number of imidazole rings is 1. The van der Waals surface area contributed by atoms with Gasteiger partial charge < -0.3 is 4.55 Å². The third-order valence-corrected chi connectivity index (χ3v) is 3.37. The first kappa shape index (κ1) is 19.1. The average molecular weight is 338 g/mol. The van der Waals surface area contributed by atoms with E-state index in [-0.39, 0.29) is 6.61 Å². The summed E-state index contributed by atoms with van der Waals surface area (Å²) in [5.41, 5.74) is 1.19. The zero-order valence-electron chi connectivity index (χ0n) is 13.4. The maximum atomic E-state index is 9.61. The lowest BCUT2D eigenvalue weighted by Crippen LogP contribution is -2.33. The van der Waals surface area contributed by atoms with E-state index in [0.29, 0.717) is 6.42 Å². The zero-order chi connectivity index (χ0) is 17.3. The Morgan fingerprint density at radius 3 is 2.48 bits per heavy atom. The Labute approximate surface area is 137 Å². The number of benzene rings is 1. The summed E-state index contributed by atoms with van der Waals surface area (Å²) in [5, 5.41) is 0. The van der Waals surface area contributed by atoms with Crippen molar-refractivity contribution >= 4 is 10.4 Å². The van der Waals surface area contributed by atoms with E-state index in [9.17, 15) is 13.0 Å². The Kier molecular flexibility index (Phi) is 7.67. The second-order valence-corrected chi connectivity index (χ2v) is 5.81. The quantitative estimate of drug-likeness (QED) is 0.349. The number of allylic oxidation sites excluding steroid dienone is 1. The Morgan fingerprint density at radius 1 is 1.35 bits per heavy atom. The number of rotatable bonds is 6. The van der Waals surface area contributed by atoms with Gasteiger partial charge in [0, 0.05) is 0 Å². The minimum absolute atomic E-state index is 0.0220. The summed E-state index contributed by atoms with van der Waals surface area (Å²) in [6.07, 6.45) is 7.47. The lowest BCUT2D eigenvalue weighted by Gasteiger charge is -2.04. The number of hydrogen-bond acceptors (Lipinski definition) is 4. The normalized spacial score (nSPS) is 10.7. The molecule has 1 aromatic heterocycles. The van der Waals surface area contributed by atoms with Crippen molar-refractivity contribution < 1.29 is 21.7 Å². The first-order valence-electron chi connectivity index (χ1n) is 7.21. The van der Waals surface area contributed by atoms with Gasteiger partial charge in [-0.3, -0.25) is 4.18 Å². The number of hydrogen-bond donors (Lipinski definition) is 0. The third kappa shape index (κ3) is 6.77. The van der Waals surface area contributed by atoms with Gasteiger partial charge >= 0.3 is 0 Å². The van der Waals surface area contributed by atoms with Crippen molar-refractivity contribution in [3.63, 3.8) is 0 Å². The SMILES string of the molecule is C=CCc1n(C)cc[n+]1-c1ccccc1.CCCOS(=O)(=O)[O-]. The number of para-hydroxylation sites is 1. The third-order valence-electron chi connectivity index (χ3n) is 2.92. The minimum atomic E-state index is -4.44. The van der Waals surface area contributed by atoms with Crippen LogP contribution >= 0.6 is 0 Å². The number of aryl methyl sites for hydroxylation is 1. The standard InChI is InChI=1S/C13H15N2.C3H8O4S/c1-3-7-13-14(2)10-11-15(13)12-8-5-4-6-9-12;1-2-3-7-8(4,5)6/h3-6,8-11H,1,7H2,2H3;2-3H2,1H3,(H,4,5,6)/q+1;/p-1. The van der Waals surface area contributed by atoms with E-state index in [2.05, 4.69) is 51.5 Å². The van der Waals surface area contributed by atoms with E-state index >= 15 is 0 Å². The number of aromatic nitrogens is 2. The van der Waals surface area contributed by atoms with E-state index < -0.39 is 10.4 Å². The highest BCUT2D eigenvalue weighted by atomic mass is 32.3. The maximum absolute atomic E-state index is 9.61. The van der Waals surface area contributed by atoms with Crippen LogP contribution < -0.4 is 4.57 Å². The van der Waals surface area contributed by atoms with E-state index in [4.69, 9.17) is 0 Å². The first-order valence-corrected chi connectivity index (χ1v) is 8.54. The minimum Gasteiger partial charge on any atom is -0.726 e. The van der Waals surface area contributed by atoms with Crippen molar-refractivity contribution in [1.82, 2.24) is 4.57 Å². The molecule has 0 amide bonds. The first-order chi connectivity index (χ1) is 10.9. The lowest BCUT2D eigenvalue weighted by molar-refractivity contribution is -0.603. The summed E-state index contributed by atoms with van der Waals surface area (Å²) in [5.74, 6) is 1.23. The predicted octanol–water partition coefficient (Wildman–Crippen LogP) is 1.90. The molecular formula is C16H22N2O4S. The van der Waals surface area contributed by atoms with Gasteiger partial charge in [0.1, 0.15) is 18.1 Å². The molecule has 7 heteroatoms. The molecule has 0 aliphatic carbocycles. The van der Waals surface area contributed by atoms with Gasteiger partial charge in [0.2, 0.25) is 10.4 Å². The molecule has 2 aromatic rings. The van der Waals surface area contributed by atoms with Crippen LogP contribution in [0.3, 0.4) is 0 Å². The van der Waals surface area contributed by atoms with E-state index in [1.54, 1.807) is 6.92 Å². The molecule has 0 atom stereocenters. The van der Waals surface area contributed by atoms with E-state index in [0.717, 1.165) is 6.42 Å². The van der Waals surface area contributed by atoms with Crippen LogP contribution in [0.4, 0.5) is 0 Å². The summed E-state index contributed by atoms with van der Waals surface area (Å²) < 4.78 is 36.9. The molecule has 0 bridgehead atoms. The van der Waals surface area contributed by atoms with Crippen LogP contribution in [0, 0.1) is 0 Å². The average Bonchev–Trinajstić information content (AvgIpc) is 2.88.